The lowest BCUT2D eigenvalue weighted by Crippen LogP contribution is -2.30. The number of hydrogen-bond donors (Lipinski definition) is 0. The highest BCUT2D eigenvalue weighted by molar-refractivity contribution is 5.71. The molecule has 6 nitrogen and oxygen atoms in total. The van der Waals surface area contributed by atoms with Crippen LogP contribution in [0, 0.1) is 0 Å². The van der Waals surface area contributed by atoms with Crippen molar-refractivity contribution in [3.63, 3.8) is 0 Å². The Hall–Kier alpha value is -4.97. The number of esters is 3. The smallest absolute Gasteiger partial charge is 0.306 e. The van der Waals surface area contributed by atoms with Crippen molar-refractivity contribution in [2.75, 3.05) is 13.2 Å². The van der Waals surface area contributed by atoms with Crippen molar-refractivity contribution >= 4 is 17.9 Å². The van der Waals surface area contributed by atoms with Crippen LogP contribution in [0.4, 0.5) is 0 Å². The highest BCUT2D eigenvalue weighted by Crippen LogP contribution is 2.16. The first-order chi connectivity index (χ1) is 40.0. The van der Waals surface area contributed by atoms with E-state index in [1.807, 2.05) is 6.08 Å². The second-order valence-corrected chi connectivity index (χ2v) is 21.2. The molecule has 0 aromatic heterocycles. The van der Waals surface area contributed by atoms with Gasteiger partial charge in [0.05, 0.1) is 0 Å². The van der Waals surface area contributed by atoms with E-state index in [0.29, 0.717) is 19.3 Å². The molecule has 0 spiro atoms. The molecule has 456 valence electrons. The Balaban J connectivity index is 4.27. The molecule has 1 unspecified atom stereocenters. The monoisotopic (exact) mass is 1120 g/mol. The normalized spacial score (nSPS) is 13.2. The molecule has 0 radical (unpaired) electrons. The molecule has 0 bridgehead atoms. The van der Waals surface area contributed by atoms with Crippen LogP contribution in [-0.2, 0) is 28.6 Å². The largest absolute Gasteiger partial charge is 0.462 e. The zero-order chi connectivity index (χ0) is 58.5. The van der Waals surface area contributed by atoms with Crippen molar-refractivity contribution in [1.82, 2.24) is 0 Å². The molecular formula is C75H120O6. The van der Waals surface area contributed by atoms with Crippen LogP contribution >= 0.6 is 0 Å². The molecule has 81 heavy (non-hydrogen) atoms. The lowest BCUT2D eigenvalue weighted by molar-refractivity contribution is -0.166. The lowest BCUT2D eigenvalue weighted by Gasteiger charge is -2.18. The van der Waals surface area contributed by atoms with E-state index in [2.05, 4.69) is 173 Å². The maximum absolute atomic E-state index is 12.9. The molecule has 0 aromatic rings. The molecule has 0 aliphatic heterocycles. The molecule has 0 amide bonds. The molecule has 1 atom stereocenters. The second kappa shape index (κ2) is 67.5. The number of rotatable bonds is 58. The molecule has 0 rings (SSSR count). The first-order valence-electron chi connectivity index (χ1n) is 33.0. The quantitative estimate of drug-likeness (QED) is 0.0261. The molecule has 0 saturated carbocycles. The molecule has 0 saturated heterocycles. The van der Waals surface area contributed by atoms with Crippen LogP contribution in [0.25, 0.3) is 0 Å². The van der Waals surface area contributed by atoms with Crippen molar-refractivity contribution in [3.05, 3.63) is 158 Å². The van der Waals surface area contributed by atoms with E-state index in [-0.39, 0.29) is 37.5 Å². The molecule has 0 aromatic carbocycles. The van der Waals surface area contributed by atoms with Crippen LogP contribution in [0.3, 0.4) is 0 Å². The van der Waals surface area contributed by atoms with Gasteiger partial charge in [-0.15, -0.1) is 0 Å². The third-order valence-corrected chi connectivity index (χ3v) is 13.5. The van der Waals surface area contributed by atoms with Crippen LogP contribution in [0.2, 0.25) is 0 Å². The predicted molar refractivity (Wildman–Crippen MR) is 352 cm³/mol. The van der Waals surface area contributed by atoms with Gasteiger partial charge >= 0.3 is 17.9 Å². The molecule has 0 aliphatic carbocycles. The van der Waals surface area contributed by atoms with Gasteiger partial charge in [-0.05, 0) is 128 Å². The average molecular weight is 1120 g/mol. The summed E-state index contributed by atoms with van der Waals surface area (Å²) in [5.74, 6) is -1.01. The van der Waals surface area contributed by atoms with Gasteiger partial charge in [0.15, 0.2) is 6.10 Å². The summed E-state index contributed by atoms with van der Waals surface area (Å²) in [5, 5.41) is 0. The van der Waals surface area contributed by atoms with Crippen molar-refractivity contribution in [2.45, 2.75) is 284 Å². The standard InChI is InChI=1S/C75H120O6/c1-4-7-10-13-16-19-22-25-27-29-30-31-32-33-34-35-36-37-38-39-40-41-42-43-44-46-47-50-53-56-59-62-65-68-74(77)80-71-72(70-79-73(76)67-64-61-58-55-52-49-24-21-18-15-12-9-6-3)81-75(78)69-66-63-60-57-54-51-48-45-28-26-23-20-17-14-11-8-5-2/h7-12,16-21,25-28,30-31,33-34,36-37,49,52,58,61,72H,4-6,13-15,22-24,29,32,35,38-48,50-51,53-57,59-60,62-71H2,1-3H3/b10-7-,11-8-,12-9-,19-16-,20-17-,21-18-,27-25-,28-26-,31-30-,34-33-,37-36-,52-49-,61-58-. The van der Waals surface area contributed by atoms with Gasteiger partial charge in [-0.25, -0.2) is 0 Å². The summed E-state index contributed by atoms with van der Waals surface area (Å²) >= 11 is 0. The minimum Gasteiger partial charge on any atom is -0.462 e. The number of carbonyl (C=O) groups is 3. The van der Waals surface area contributed by atoms with Gasteiger partial charge in [0.2, 0.25) is 0 Å². The van der Waals surface area contributed by atoms with Gasteiger partial charge in [0.1, 0.15) is 13.2 Å². The average Bonchev–Trinajstić information content (AvgIpc) is 3.46. The van der Waals surface area contributed by atoms with E-state index in [1.165, 1.54) is 96.3 Å². The van der Waals surface area contributed by atoms with Crippen molar-refractivity contribution in [2.24, 2.45) is 0 Å². The fourth-order valence-corrected chi connectivity index (χ4v) is 8.71. The summed E-state index contributed by atoms with van der Waals surface area (Å²) in [4.78, 5) is 38.3. The molecule has 0 aliphatic rings. The molecule has 6 heteroatoms. The van der Waals surface area contributed by atoms with Crippen LogP contribution in [0.1, 0.15) is 278 Å². The summed E-state index contributed by atoms with van der Waals surface area (Å²) in [7, 11) is 0. The van der Waals surface area contributed by atoms with Crippen LogP contribution in [0.15, 0.2) is 158 Å². The maximum atomic E-state index is 12.9. The highest BCUT2D eigenvalue weighted by atomic mass is 16.6. The third kappa shape index (κ3) is 65.7. The summed E-state index contributed by atoms with van der Waals surface area (Å²) in [6, 6.07) is 0. The van der Waals surface area contributed by atoms with E-state index in [9.17, 15) is 14.4 Å². The van der Waals surface area contributed by atoms with E-state index in [0.717, 1.165) is 135 Å². The summed E-state index contributed by atoms with van der Waals surface area (Å²) in [5.41, 5.74) is 0. The first-order valence-corrected chi connectivity index (χ1v) is 33.0. The molecule has 0 fully saturated rings. The summed E-state index contributed by atoms with van der Waals surface area (Å²) in [6.45, 7) is 6.23. The first kappa shape index (κ1) is 76.0. The van der Waals surface area contributed by atoms with Gasteiger partial charge in [0.25, 0.3) is 0 Å². The Labute approximate surface area is 499 Å². The van der Waals surface area contributed by atoms with E-state index < -0.39 is 6.10 Å². The fourth-order valence-electron chi connectivity index (χ4n) is 8.71. The van der Waals surface area contributed by atoms with Crippen LogP contribution in [-0.4, -0.2) is 37.2 Å². The number of allylic oxidation sites excluding steroid dienone is 26. The molecule has 0 heterocycles. The van der Waals surface area contributed by atoms with Crippen molar-refractivity contribution in [1.29, 1.82) is 0 Å². The summed E-state index contributed by atoms with van der Waals surface area (Å²) in [6.07, 6.45) is 98.5. The zero-order valence-electron chi connectivity index (χ0n) is 52.2. The minimum absolute atomic E-state index is 0.109. The highest BCUT2D eigenvalue weighted by Gasteiger charge is 2.19. The number of hydrogen-bond acceptors (Lipinski definition) is 6. The second-order valence-electron chi connectivity index (χ2n) is 21.2. The Kier molecular flexibility index (Phi) is 63.4. The number of carbonyl (C=O) groups excluding carboxylic acids is 3. The Morgan fingerprint density at radius 1 is 0.247 bits per heavy atom. The van der Waals surface area contributed by atoms with Crippen LogP contribution in [0.5, 0.6) is 0 Å². The van der Waals surface area contributed by atoms with E-state index in [1.54, 1.807) is 0 Å². The minimum atomic E-state index is -0.819. The fraction of sp³-hybridized carbons (Fsp3) is 0.613. The molecule has 0 N–H and O–H groups in total. The Morgan fingerprint density at radius 3 is 0.765 bits per heavy atom. The summed E-state index contributed by atoms with van der Waals surface area (Å²) < 4.78 is 16.8. The van der Waals surface area contributed by atoms with Gasteiger partial charge in [0, 0.05) is 19.3 Å². The molecular weight excluding hydrogens is 997 g/mol. The van der Waals surface area contributed by atoms with Gasteiger partial charge in [-0.2, -0.15) is 0 Å². The van der Waals surface area contributed by atoms with Crippen molar-refractivity contribution in [3.8, 4) is 0 Å². The number of ether oxygens (including phenoxy) is 3. The maximum Gasteiger partial charge on any atom is 0.306 e. The van der Waals surface area contributed by atoms with Gasteiger partial charge in [-0.3, -0.25) is 14.4 Å². The lowest BCUT2D eigenvalue weighted by atomic mass is 10.0. The predicted octanol–water partition coefficient (Wildman–Crippen LogP) is 22.9. The van der Waals surface area contributed by atoms with E-state index in [4.69, 9.17) is 14.2 Å². The van der Waals surface area contributed by atoms with Gasteiger partial charge < -0.3 is 14.2 Å². The third-order valence-electron chi connectivity index (χ3n) is 13.5. The van der Waals surface area contributed by atoms with Gasteiger partial charge in [-0.1, -0.05) is 288 Å². The van der Waals surface area contributed by atoms with Crippen molar-refractivity contribution < 1.29 is 28.6 Å². The van der Waals surface area contributed by atoms with Crippen LogP contribution < -0.4 is 0 Å². The zero-order valence-corrected chi connectivity index (χ0v) is 52.2. The topological polar surface area (TPSA) is 78.9 Å². The number of unbranched alkanes of at least 4 members (excludes halogenated alkanes) is 21. The Bertz CT molecular complexity index is 1810. The Morgan fingerprint density at radius 2 is 0.469 bits per heavy atom. The van der Waals surface area contributed by atoms with E-state index >= 15 is 0 Å². The SMILES string of the molecule is CC/C=C\C/C=C\C/C=C\C/C=C\C/C=C\C/C=C\CCCCCCCCCCCCCCCCC(=O)OCC(COC(=O)CC/C=C\C/C=C\C/C=C\C/C=C\CC)OC(=O)CCCCCCCCC/C=C\C/C=C\C/C=C\CC.